The number of nitrogens with zero attached hydrogens (tertiary/aromatic N) is 1. The van der Waals surface area contributed by atoms with Crippen LogP contribution in [-0.2, 0) is 9.53 Å². The minimum absolute atomic E-state index is 0.0956. The van der Waals surface area contributed by atoms with Crippen molar-refractivity contribution in [1.82, 2.24) is 15.6 Å². The summed E-state index contributed by atoms with van der Waals surface area (Å²) in [6.07, 6.45) is -1.11. The molecule has 0 saturated carbocycles. The summed E-state index contributed by atoms with van der Waals surface area (Å²) in [6.45, 7) is 1.37. The number of rotatable bonds is 3. The van der Waals surface area contributed by atoms with E-state index < -0.39 is 24.0 Å². The maximum absolute atomic E-state index is 12.0. The summed E-state index contributed by atoms with van der Waals surface area (Å²) in [4.78, 5) is 38.8. The number of benzene rings is 1. The van der Waals surface area contributed by atoms with Gasteiger partial charge in [0.15, 0.2) is 6.10 Å². The number of fused-ring (bicyclic) bond motifs is 1. The molecule has 1 aromatic carbocycles. The Bertz CT molecular complexity index is 730. The van der Waals surface area contributed by atoms with Crippen LogP contribution in [0.2, 0.25) is 0 Å². The van der Waals surface area contributed by atoms with Crippen LogP contribution in [-0.4, -0.2) is 36.0 Å². The van der Waals surface area contributed by atoms with Crippen molar-refractivity contribution in [3.8, 4) is 0 Å². The van der Waals surface area contributed by atoms with Gasteiger partial charge in [-0.2, -0.15) is 0 Å². The Morgan fingerprint density at radius 2 is 1.86 bits per heavy atom. The highest BCUT2D eigenvalue weighted by Gasteiger charge is 2.21. The number of pyridine rings is 1. The van der Waals surface area contributed by atoms with Gasteiger partial charge in [-0.05, 0) is 19.1 Å². The first kappa shape index (κ1) is 15.4. The summed E-state index contributed by atoms with van der Waals surface area (Å²) in [6, 6.07) is 9.92. The van der Waals surface area contributed by atoms with Gasteiger partial charge >= 0.3 is 12.0 Å². The number of nitrogens with one attached hydrogen (secondary N) is 2. The van der Waals surface area contributed by atoms with Crippen LogP contribution >= 0.6 is 0 Å². The van der Waals surface area contributed by atoms with Crippen molar-refractivity contribution in [2.45, 2.75) is 13.0 Å². The van der Waals surface area contributed by atoms with E-state index in [1.165, 1.54) is 20.0 Å². The molecular weight excluding hydrogens is 286 g/mol. The number of hydrogen-bond acceptors (Lipinski definition) is 5. The number of amides is 3. The molecule has 114 valence electrons. The molecule has 7 nitrogen and oxygen atoms in total. The summed E-state index contributed by atoms with van der Waals surface area (Å²) >= 11 is 0. The quantitative estimate of drug-likeness (QED) is 0.831. The van der Waals surface area contributed by atoms with Crippen molar-refractivity contribution in [3.63, 3.8) is 0 Å². The van der Waals surface area contributed by atoms with Crippen LogP contribution in [0.4, 0.5) is 4.79 Å². The maximum atomic E-state index is 12.0. The molecule has 0 aliphatic carbocycles. The average molecular weight is 301 g/mol. The van der Waals surface area contributed by atoms with E-state index in [9.17, 15) is 14.4 Å². The molecule has 7 heteroatoms. The SMILES string of the molecule is CNC(=O)NC(=O)[C@H](C)OC(=O)c1ccc2ccccc2n1. The lowest BCUT2D eigenvalue weighted by molar-refractivity contribution is -0.127. The second-order valence-electron chi connectivity index (χ2n) is 4.51. The predicted octanol–water partition coefficient (Wildman–Crippen LogP) is 1.24. The smallest absolute Gasteiger partial charge is 0.357 e. The van der Waals surface area contributed by atoms with Crippen molar-refractivity contribution in [2.24, 2.45) is 0 Å². The molecular formula is C15H15N3O4. The maximum Gasteiger partial charge on any atom is 0.357 e. The third-order valence-electron chi connectivity index (χ3n) is 2.92. The Hall–Kier alpha value is -2.96. The molecule has 1 aromatic heterocycles. The van der Waals surface area contributed by atoms with Gasteiger partial charge in [-0.25, -0.2) is 14.6 Å². The van der Waals surface area contributed by atoms with Crippen molar-refractivity contribution < 1.29 is 19.1 Å². The van der Waals surface area contributed by atoms with Gasteiger partial charge in [0.2, 0.25) is 0 Å². The summed E-state index contributed by atoms with van der Waals surface area (Å²) in [5, 5.41) is 5.15. The van der Waals surface area contributed by atoms with Crippen LogP contribution in [0.25, 0.3) is 10.9 Å². The Morgan fingerprint density at radius 3 is 2.59 bits per heavy atom. The van der Waals surface area contributed by atoms with Crippen LogP contribution in [0.5, 0.6) is 0 Å². The number of para-hydroxylation sites is 1. The van der Waals surface area contributed by atoms with Gasteiger partial charge in [0.1, 0.15) is 5.69 Å². The van der Waals surface area contributed by atoms with Crippen LogP contribution in [0.3, 0.4) is 0 Å². The second kappa shape index (κ2) is 6.66. The van der Waals surface area contributed by atoms with E-state index in [1.807, 2.05) is 23.5 Å². The van der Waals surface area contributed by atoms with Gasteiger partial charge < -0.3 is 10.1 Å². The zero-order chi connectivity index (χ0) is 16.1. The third-order valence-corrected chi connectivity index (χ3v) is 2.92. The number of aromatic nitrogens is 1. The lowest BCUT2D eigenvalue weighted by atomic mass is 10.2. The van der Waals surface area contributed by atoms with E-state index in [4.69, 9.17) is 4.74 Å². The highest BCUT2D eigenvalue weighted by Crippen LogP contribution is 2.12. The molecule has 3 amide bonds. The van der Waals surface area contributed by atoms with Gasteiger partial charge in [-0.15, -0.1) is 0 Å². The number of hydrogen-bond donors (Lipinski definition) is 2. The Balaban J connectivity index is 2.07. The molecule has 1 heterocycles. The van der Waals surface area contributed by atoms with E-state index in [0.29, 0.717) is 5.52 Å². The van der Waals surface area contributed by atoms with Gasteiger partial charge in [-0.1, -0.05) is 24.3 Å². The van der Waals surface area contributed by atoms with Crippen LogP contribution in [0.15, 0.2) is 36.4 Å². The minimum atomic E-state index is -1.11. The topological polar surface area (TPSA) is 97.4 Å². The first-order valence-corrected chi connectivity index (χ1v) is 6.60. The summed E-state index contributed by atoms with van der Waals surface area (Å²) in [7, 11) is 1.37. The molecule has 0 aliphatic heterocycles. The summed E-state index contributed by atoms with van der Waals surface area (Å²) < 4.78 is 5.00. The van der Waals surface area contributed by atoms with Crippen molar-refractivity contribution >= 4 is 28.8 Å². The molecule has 0 spiro atoms. The Labute approximate surface area is 126 Å². The van der Waals surface area contributed by atoms with Crippen molar-refractivity contribution in [1.29, 1.82) is 0 Å². The first-order chi connectivity index (χ1) is 10.5. The fraction of sp³-hybridized carbons (Fsp3) is 0.200. The minimum Gasteiger partial charge on any atom is -0.448 e. The molecule has 2 aromatic rings. The predicted molar refractivity (Wildman–Crippen MR) is 79.2 cm³/mol. The highest BCUT2D eigenvalue weighted by molar-refractivity contribution is 5.98. The van der Waals surface area contributed by atoms with E-state index in [2.05, 4.69) is 10.3 Å². The third kappa shape index (κ3) is 3.57. The highest BCUT2D eigenvalue weighted by atomic mass is 16.5. The molecule has 22 heavy (non-hydrogen) atoms. The number of urea groups is 1. The van der Waals surface area contributed by atoms with Crippen molar-refractivity contribution in [2.75, 3.05) is 7.05 Å². The summed E-state index contributed by atoms with van der Waals surface area (Å²) in [5.74, 6) is -1.45. The van der Waals surface area contributed by atoms with E-state index in [-0.39, 0.29) is 5.69 Å². The van der Waals surface area contributed by atoms with Crippen LogP contribution in [0.1, 0.15) is 17.4 Å². The van der Waals surface area contributed by atoms with Gasteiger partial charge in [-0.3, -0.25) is 10.1 Å². The normalized spacial score (nSPS) is 11.5. The molecule has 2 N–H and O–H groups in total. The van der Waals surface area contributed by atoms with Gasteiger partial charge in [0, 0.05) is 12.4 Å². The molecule has 0 bridgehead atoms. The molecule has 0 saturated heterocycles. The molecule has 0 radical (unpaired) electrons. The molecule has 2 rings (SSSR count). The lowest BCUT2D eigenvalue weighted by Crippen LogP contribution is -2.43. The molecule has 0 fully saturated rings. The molecule has 1 atom stereocenters. The number of carbonyl (C=O) groups excluding carboxylic acids is 3. The van der Waals surface area contributed by atoms with E-state index in [0.717, 1.165) is 5.39 Å². The number of imide groups is 1. The monoisotopic (exact) mass is 301 g/mol. The fourth-order valence-electron chi connectivity index (χ4n) is 1.73. The summed E-state index contributed by atoms with van der Waals surface area (Å²) in [5.41, 5.74) is 0.748. The number of carbonyl (C=O) groups is 3. The van der Waals surface area contributed by atoms with E-state index in [1.54, 1.807) is 12.1 Å². The van der Waals surface area contributed by atoms with Gasteiger partial charge in [0.05, 0.1) is 5.52 Å². The molecule has 0 aliphatic rings. The first-order valence-electron chi connectivity index (χ1n) is 6.60. The van der Waals surface area contributed by atoms with Crippen LogP contribution in [0, 0.1) is 0 Å². The standard InChI is InChI=1S/C15H15N3O4/c1-9(13(19)18-15(21)16-2)22-14(20)12-8-7-10-5-3-4-6-11(10)17-12/h3-9H,1-2H3,(H2,16,18,19,21)/t9-/m0/s1. The zero-order valence-electron chi connectivity index (χ0n) is 12.1. The zero-order valence-corrected chi connectivity index (χ0v) is 12.1. The van der Waals surface area contributed by atoms with E-state index >= 15 is 0 Å². The lowest BCUT2D eigenvalue weighted by Gasteiger charge is -2.12. The number of ether oxygens (including phenoxy) is 1. The Morgan fingerprint density at radius 1 is 1.14 bits per heavy atom. The van der Waals surface area contributed by atoms with Crippen LogP contribution < -0.4 is 10.6 Å². The average Bonchev–Trinajstić information content (AvgIpc) is 2.53. The second-order valence-corrected chi connectivity index (χ2v) is 4.51. The largest absolute Gasteiger partial charge is 0.448 e. The number of esters is 1. The fourth-order valence-corrected chi connectivity index (χ4v) is 1.73. The van der Waals surface area contributed by atoms with Crippen molar-refractivity contribution in [3.05, 3.63) is 42.1 Å². The molecule has 0 unspecified atom stereocenters. The Kier molecular flexibility index (Phi) is 4.67. The van der Waals surface area contributed by atoms with Gasteiger partial charge in [0.25, 0.3) is 5.91 Å².